The Bertz CT molecular complexity index is 760. The van der Waals surface area contributed by atoms with E-state index in [1.807, 2.05) is 30.3 Å². The van der Waals surface area contributed by atoms with Gasteiger partial charge in [0.1, 0.15) is 0 Å². The van der Waals surface area contributed by atoms with Crippen LogP contribution < -0.4 is 4.74 Å². The molecular weight excluding hydrogens is 256 g/mol. The molecule has 100 valence electrons. The van der Waals surface area contributed by atoms with Gasteiger partial charge in [0.05, 0.1) is 23.3 Å². The van der Waals surface area contributed by atoms with Crippen LogP contribution in [-0.4, -0.2) is 17.0 Å². The largest absolute Gasteiger partial charge is 0.490 e. The van der Waals surface area contributed by atoms with E-state index in [1.165, 1.54) is 7.11 Å². The summed E-state index contributed by atoms with van der Waals surface area (Å²) in [5.74, 6) is 0.256. The second kappa shape index (κ2) is 4.70. The van der Waals surface area contributed by atoms with Crippen LogP contribution in [-0.2, 0) is 0 Å². The number of hydrogen-bond donors (Lipinski definition) is 1. The standard InChI is InChI=1S/C15H12N2O3/c1-20-14-8-4-6-11(15(14)17(18)19)13-9-10-5-2-3-7-12(10)16-13/h2-9,16H,1H3. The molecule has 0 saturated heterocycles. The molecule has 2 aromatic carbocycles. The molecule has 0 spiro atoms. The highest BCUT2D eigenvalue weighted by atomic mass is 16.6. The molecule has 1 N–H and O–H groups in total. The molecule has 0 radical (unpaired) electrons. The molecule has 0 aliphatic heterocycles. The van der Waals surface area contributed by atoms with Crippen molar-refractivity contribution >= 4 is 16.6 Å². The number of nitro benzene ring substituents is 1. The predicted molar refractivity (Wildman–Crippen MR) is 76.9 cm³/mol. The quantitative estimate of drug-likeness (QED) is 0.581. The average molecular weight is 268 g/mol. The fourth-order valence-electron chi connectivity index (χ4n) is 2.31. The van der Waals surface area contributed by atoms with Gasteiger partial charge in [-0.25, -0.2) is 0 Å². The zero-order chi connectivity index (χ0) is 14.1. The summed E-state index contributed by atoms with van der Waals surface area (Å²) in [4.78, 5) is 14.1. The number of aromatic amines is 1. The second-order valence-electron chi connectivity index (χ2n) is 4.38. The smallest absolute Gasteiger partial charge is 0.320 e. The predicted octanol–water partition coefficient (Wildman–Crippen LogP) is 3.75. The summed E-state index contributed by atoms with van der Waals surface area (Å²) in [6, 6.07) is 14.7. The number of aromatic nitrogens is 1. The highest BCUT2D eigenvalue weighted by molar-refractivity contribution is 5.88. The van der Waals surface area contributed by atoms with E-state index in [0.717, 1.165) is 10.9 Å². The normalized spacial score (nSPS) is 10.7. The van der Waals surface area contributed by atoms with Crippen LogP contribution in [0.25, 0.3) is 22.2 Å². The minimum atomic E-state index is -0.417. The number of ether oxygens (including phenoxy) is 1. The summed E-state index contributed by atoms with van der Waals surface area (Å²) in [6.45, 7) is 0. The first-order chi connectivity index (χ1) is 9.70. The highest BCUT2D eigenvalue weighted by Gasteiger charge is 2.22. The maximum atomic E-state index is 11.3. The second-order valence-corrected chi connectivity index (χ2v) is 4.38. The summed E-state index contributed by atoms with van der Waals surface area (Å²) in [5, 5.41) is 12.3. The summed E-state index contributed by atoms with van der Waals surface area (Å²) < 4.78 is 5.09. The van der Waals surface area contributed by atoms with Gasteiger partial charge in [0.25, 0.3) is 0 Å². The number of methoxy groups -OCH3 is 1. The first kappa shape index (κ1) is 12.2. The molecule has 3 aromatic rings. The van der Waals surface area contributed by atoms with Gasteiger partial charge in [-0.05, 0) is 24.3 Å². The van der Waals surface area contributed by atoms with Gasteiger partial charge in [0.2, 0.25) is 0 Å². The number of hydrogen-bond acceptors (Lipinski definition) is 3. The lowest BCUT2D eigenvalue weighted by Gasteiger charge is -2.05. The van der Waals surface area contributed by atoms with Gasteiger partial charge < -0.3 is 9.72 Å². The number of H-pyrrole nitrogens is 1. The van der Waals surface area contributed by atoms with Crippen molar-refractivity contribution in [3.8, 4) is 17.0 Å². The van der Waals surface area contributed by atoms with Gasteiger partial charge in [-0.15, -0.1) is 0 Å². The van der Waals surface area contributed by atoms with E-state index < -0.39 is 4.92 Å². The number of para-hydroxylation sites is 2. The van der Waals surface area contributed by atoms with E-state index >= 15 is 0 Å². The van der Waals surface area contributed by atoms with Crippen LogP contribution in [0.2, 0.25) is 0 Å². The van der Waals surface area contributed by atoms with Gasteiger partial charge in [-0.2, -0.15) is 0 Å². The van der Waals surface area contributed by atoms with Crippen molar-refractivity contribution in [3.05, 3.63) is 58.6 Å². The molecule has 5 nitrogen and oxygen atoms in total. The van der Waals surface area contributed by atoms with Gasteiger partial charge >= 0.3 is 5.69 Å². The van der Waals surface area contributed by atoms with E-state index in [4.69, 9.17) is 4.74 Å². The molecule has 0 amide bonds. The summed E-state index contributed by atoms with van der Waals surface area (Å²) >= 11 is 0. The Labute approximate surface area is 115 Å². The van der Waals surface area contributed by atoms with Crippen LogP contribution in [0, 0.1) is 10.1 Å². The van der Waals surface area contributed by atoms with Crippen LogP contribution >= 0.6 is 0 Å². The van der Waals surface area contributed by atoms with Crippen molar-refractivity contribution in [3.63, 3.8) is 0 Å². The molecule has 0 aliphatic rings. The molecule has 0 unspecified atom stereocenters. The summed E-state index contributed by atoms with van der Waals surface area (Å²) in [5.41, 5.74) is 2.14. The lowest BCUT2D eigenvalue weighted by atomic mass is 10.1. The lowest BCUT2D eigenvalue weighted by Crippen LogP contribution is -1.96. The molecule has 1 aromatic heterocycles. The summed E-state index contributed by atoms with van der Waals surface area (Å²) in [7, 11) is 1.43. The Morgan fingerprint density at radius 2 is 1.95 bits per heavy atom. The Morgan fingerprint density at radius 1 is 1.15 bits per heavy atom. The number of fused-ring (bicyclic) bond motifs is 1. The Kier molecular flexibility index (Phi) is 2.87. The fraction of sp³-hybridized carbons (Fsp3) is 0.0667. The SMILES string of the molecule is COc1cccc(-c2cc3ccccc3[nH]2)c1[N+](=O)[O-]. The monoisotopic (exact) mass is 268 g/mol. The first-order valence-electron chi connectivity index (χ1n) is 6.10. The molecule has 0 bridgehead atoms. The zero-order valence-electron chi connectivity index (χ0n) is 10.8. The minimum Gasteiger partial charge on any atom is -0.490 e. The van der Waals surface area contributed by atoms with E-state index in [-0.39, 0.29) is 11.4 Å². The van der Waals surface area contributed by atoms with Crippen LogP contribution in [0.15, 0.2) is 48.5 Å². The Balaban J connectivity index is 2.25. The molecule has 0 atom stereocenters. The number of nitrogens with one attached hydrogen (secondary N) is 1. The molecule has 0 fully saturated rings. The van der Waals surface area contributed by atoms with Gasteiger partial charge in [0, 0.05) is 10.9 Å². The van der Waals surface area contributed by atoms with E-state index in [2.05, 4.69) is 4.98 Å². The molecule has 0 saturated carbocycles. The van der Waals surface area contributed by atoms with E-state index in [0.29, 0.717) is 11.3 Å². The molecule has 0 aliphatic carbocycles. The maximum Gasteiger partial charge on any atom is 0.320 e. The van der Waals surface area contributed by atoms with Gasteiger partial charge in [-0.1, -0.05) is 24.3 Å². The maximum absolute atomic E-state index is 11.3. The molecule has 1 heterocycles. The number of nitro groups is 1. The Hall–Kier alpha value is -2.82. The minimum absolute atomic E-state index is 0.0263. The van der Waals surface area contributed by atoms with Crippen molar-refractivity contribution < 1.29 is 9.66 Å². The number of benzene rings is 2. The van der Waals surface area contributed by atoms with Gasteiger partial charge in [-0.3, -0.25) is 10.1 Å². The van der Waals surface area contributed by atoms with E-state index in [1.54, 1.807) is 18.2 Å². The topological polar surface area (TPSA) is 68.2 Å². The van der Waals surface area contributed by atoms with Crippen LogP contribution in [0.1, 0.15) is 0 Å². The van der Waals surface area contributed by atoms with Crippen LogP contribution in [0.3, 0.4) is 0 Å². The van der Waals surface area contributed by atoms with Crippen molar-refractivity contribution in [2.75, 3.05) is 7.11 Å². The first-order valence-corrected chi connectivity index (χ1v) is 6.10. The van der Waals surface area contributed by atoms with Crippen molar-refractivity contribution in [1.29, 1.82) is 0 Å². The zero-order valence-corrected chi connectivity index (χ0v) is 10.8. The van der Waals surface area contributed by atoms with Crippen molar-refractivity contribution in [2.45, 2.75) is 0 Å². The Morgan fingerprint density at radius 3 is 2.65 bits per heavy atom. The number of nitrogens with zero attached hydrogens (tertiary/aromatic N) is 1. The molecule has 3 rings (SSSR count). The van der Waals surface area contributed by atoms with Gasteiger partial charge in [0.15, 0.2) is 5.75 Å². The highest BCUT2D eigenvalue weighted by Crippen LogP contribution is 2.37. The van der Waals surface area contributed by atoms with Crippen molar-refractivity contribution in [2.24, 2.45) is 0 Å². The molecule has 5 heteroatoms. The molecular formula is C15H12N2O3. The average Bonchev–Trinajstić information content (AvgIpc) is 2.90. The van der Waals surface area contributed by atoms with Crippen LogP contribution in [0.5, 0.6) is 5.75 Å². The lowest BCUT2D eigenvalue weighted by molar-refractivity contribution is -0.385. The number of rotatable bonds is 3. The van der Waals surface area contributed by atoms with E-state index in [9.17, 15) is 10.1 Å². The van der Waals surface area contributed by atoms with Crippen molar-refractivity contribution in [1.82, 2.24) is 4.98 Å². The fourth-order valence-corrected chi connectivity index (χ4v) is 2.31. The van der Waals surface area contributed by atoms with Crippen LogP contribution in [0.4, 0.5) is 5.69 Å². The molecule has 20 heavy (non-hydrogen) atoms. The third-order valence-corrected chi connectivity index (χ3v) is 3.22. The summed E-state index contributed by atoms with van der Waals surface area (Å²) in [6.07, 6.45) is 0. The third kappa shape index (κ3) is 1.89. The third-order valence-electron chi connectivity index (χ3n) is 3.22.